The fraction of sp³-hybridized carbons (Fsp3) is 0. The lowest BCUT2D eigenvalue weighted by molar-refractivity contribution is 1.59. The van der Waals surface area contributed by atoms with Gasteiger partial charge in [-0.05, 0) is 23.6 Å². The second-order valence-corrected chi connectivity index (χ2v) is 4.41. The molecule has 0 radical (unpaired) electrons. The molecule has 74 valence electrons. The summed E-state index contributed by atoms with van der Waals surface area (Å²) in [5, 5.41) is 5.11. The molecule has 0 unspecified atom stereocenters. The van der Waals surface area contributed by atoms with Crippen molar-refractivity contribution in [3.8, 4) is 0 Å². The van der Waals surface area contributed by atoms with Crippen LogP contribution in [0.15, 0.2) is 35.7 Å². The van der Waals surface area contributed by atoms with E-state index < -0.39 is 0 Å². The molecule has 0 spiro atoms. The third-order valence-electron chi connectivity index (χ3n) is 1.89. The fourth-order valence-corrected chi connectivity index (χ4v) is 1.99. The molecule has 15 heavy (non-hydrogen) atoms. The highest BCUT2D eigenvalue weighted by Crippen LogP contribution is 2.30. The molecule has 0 atom stereocenters. The van der Waals surface area contributed by atoms with Gasteiger partial charge in [0.15, 0.2) is 5.69 Å². The number of hydrogen-bond acceptors (Lipinski definition) is 2. The highest BCUT2D eigenvalue weighted by atomic mass is 35.5. The average molecular weight is 235 g/mol. The topological polar surface area (TPSA) is 16.4 Å². The number of benzene rings is 1. The zero-order valence-corrected chi connectivity index (χ0v) is 9.27. The van der Waals surface area contributed by atoms with Gasteiger partial charge in [0.2, 0.25) is 0 Å². The van der Waals surface area contributed by atoms with Crippen LogP contribution in [0, 0.1) is 6.57 Å². The molecule has 0 aliphatic heterocycles. The molecule has 0 saturated carbocycles. The van der Waals surface area contributed by atoms with Crippen molar-refractivity contribution in [1.82, 2.24) is 0 Å². The molecular weight excluding hydrogens is 228 g/mol. The average Bonchev–Trinajstić information content (AvgIpc) is 2.66. The number of anilines is 2. The normalized spacial score (nSPS) is 9.60. The summed E-state index contributed by atoms with van der Waals surface area (Å²) in [4.78, 5) is 3.32. The standard InChI is InChI=1S/C11H7ClN2S/c1-13-8-2-4-9(5-3-8)14-10-6-7-15-11(10)12/h2-7,14H. The van der Waals surface area contributed by atoms with Crippen LogP contribution < -0.4 is 5.32 Å². The van der Waals surface area contributed by atoms with Crippen LogP contribution in [0.2, 0.25) is 4.34 Å². The van der Waals surface area contributed by atoms with Gasteiger partial charge in [0.25, 0.3) is 0 Å². The monoisotopic (exact) mass is 234 g/mol. The van der Waals surface area contributed by atoms with Crippen LogP contribution in [0.1, 0.15) is 0 Å². The molecule has 1 aromatic heterocycles. The first-order chi connectivity index (χ1) is 7.29. The fourth-order valence-electron chi connectivity index (χ4n) is 1.16. The first-order valence-electron chi connectivity index (χ1n) is 4.27. The molecule has 0 bridgehead atoms. The number of rotatable bonds is 2. The van der Waals surface area contributed by atoms with E-state index in [9.17, 15) is 0 Å². The van der Waals surface area contributed by atoms with Crippen LogP contribution in [-0.2, 0) is 0 Å². The van der Waals surface area contributed by atoms with E-state index in [4.69, 9.17) is 18.2 Å². The number of thiophene rings is 1. The molecule has 2 rings (SSSR count). The van der Waals surface area contributed by atoms with E-state index in [1.165, 1.54) is 11.3 Å². The van der Waals surface area contributed by atoms with Crippen LogP contribution in [0.25, 0.3) is 4.85 Å². The molecular formula is C11H7ClN2S. The van der Waals surface area contributed by atoms with Gasteiger partial charge in [-0.3, -0.25) is 0 Å². The Hall–Kier alpha value is -1.50. The molecule has 0 aliphatic carbocycles. The molecule has 2 aromatic rings. The summed E-state index contributed by atoms with van der Waals surface area (Å²) < 4.78 is 0.740. The first kappa shape index (κ1) is 10.0. The Labute approximate surface area is 96.9 Å². The first-order valence-corrected chi connectivity index (χ1v) is 5.53. The second-order valence-electron chi connectivity index (χ2n) is 2.89. The Balaban J connectivity index is 2.19. The quantitative estimate of drug-likeness (QED) is 0.746. The van der Waals surface area contributed by atoms with E-state index >= 15 is 0 Å². The van der Waals surface area contributed by atoms with Crippen molar-refractivity contribution >= 4 is 40.0 Å². The minimum absolute atomic E-state index is 0.636. The van der Waals surface area contributed by atoms with Crippen molar-refractivity contribution in [3.05, 3.63) is 51.5 Å². The van der Waals surface area contributed by atoms with Crippen molar-refractivity contribution in [2.75, 3.05) is 5.32 Å². The molecule has 1 aromatic carbocycles. The largest absolute Gasteiger partial charge is 0.354 e. The lowest BCUT2D eigenvalue weighted by atomic mass is 10.3. The summed E-state index contributed by atoms with van der Waals surface area (Å²) in [6.45, 7) is 6.83. The van der Waals surface area contributed by atoms with Crippen molar-refractivity contribution in [2.24, 2.45) is 0 Å². The van der Waals surface area contributed by atoms with Crippen LogP contribution >= 0.6 is 22.9 Å². The Kier molecular flexibility index (Phi) is 2.91. The highest BCUT2D eigenvalue weighted by molar-refractivity contribution is 7.15. The van der Waals surface area contributed by atoms with E-state index in [0.717, 1.165) is 15.7 Å². The Morgan fingerprint density at radius 2 is 1.93 bits per heavy atom. The van der Waals surface area contributed by atoms with E-state index in [-0.39, 0.29) is 0 Å². The van der Waals surface area contributed by atoms with Crippen LogP contribution in [-0.4, -0.2) is 0 Å². The van der Waals surface area contributed by atoms with Crippen LogP contribution in [0.4, 0.5) is 17.1 Å². The summed E-state index contributed by atoms with van der Waals surface area (Å²) in [5.41, 5.74) is 2.47. The summed E-state index contributed by atoms with van der Waals surface area (Å²) in [5.74, 6) is 0. The predicted octanol–water partition coefficient (Wildman–Crippen LogP) is 4.70. The maximum absolute atomic E-state index is 6.83. The summed E-state index contributed by atoms with van der Waals surface area (Å²) in [7, 11) is 0. The van der Waals surface area contributed by atoms with E-state index in [2.05, 4.69) is 10.2 Å². The van der Waals surface area contributed by atoms with Gasteiger partial charge < -0.3 is 5.32 Å². The number of halogens is 1. The molecule has 4 heteroatoms. The second kappa shape index (κ2) is 4.35. The summed E-state index contributed by atoms with van der Waals surface area (Å²) in [6.07, 6.45) is 0. The van der Waals surface area contributed by atoms with Crippen LogP contribution in [0.3, 0.4) is 0 Å². The minimum Gasteiger partial charge on any atom is -0.354 e. The Morgan fingerprint density at radius 3 is 2.47 bits per heavy atom. The number of nitrogens with zero attached hydrogens (tertiary/aromatic N) is 1. The summed E-state index contributed by atoms with van der Waals surface area (Å²) >= 11 is 7.44. The third kappa shape index (κ3) is 2.30. The number of hydrogen-bond donors (Lipinski definition) is 1. The van der Waals surface area contributed by atoms with E-state index in [1.54, 1.807) is 12.1 Å². The van der Waals surface area contributed by atoms with Gasteiger partial charge in [0.05, 0.1) is 12.3 Å². The van der Waals surface area contributed by atoms with E-state index in [0.29, 0.717) is 5.69 Å². The van der Waals surface area contributed by atoms with Crippen molar-refractivity contribution < 1.29 is 0 Å². The summed E-state index contributed by atoms with van der Waals surface area (Å²) in [6, 6.07) is 9.20. The zero-order chi connectivity index (χ0) is 10.7. The highest BCUT2D eigenvalue weighted by Gasteiger charge is 2.01. The SMILES string of the molecule is [C-]#[N+]c1ccc(Nc2ccsc2Cl)cc1. The zero-order valence-electron chi connectivity index (χ0n) is 7.70. The Bertz CT molecular complexity index is 496. The maximum atomic E-state index is 6.83. The Morgan fingerprint density at radius 1 is 1.20 bits per heavy atom. The molecule has 0 amide bonds. The van der Waals surface area contributed by atoms with Crippen molar-refractivity contribution in [1.29, 1.82) is 0 Å². The molecule has 0 saturated heterocycles. The smallest absolute Gasteiger partial charge is 0.187 e. The van der Waals surface area contributed by atoms with E-state index in [1.807, 2.05) is 23.6 Å². The minimum atomic E-state index is 0.636. The van der Waals surface area contributed by atoms with Crippen molar-refractivity contribution in [2.45, 2.75) is 0 Å². The lowest BCUT2D eigenvalue weighted by Gasteiger charge is -2.04. The third-order valence-corrected chi connectivity index (χ3v) is 3.06. The molecule has 2 nitrogen and oxygen atoms in total. The van der Waals surface area contributed by atoms with Gasteiger partial charge in [0, 0.05) is 5.69 Å². The maximum Gasteiger partial charge on any atom is 0.187 e. The molecule has 0 fully saturated rings. The molecule has 0 aliphatic rings. The van der Waals surface area contributed by atoms with Crippen molar-refractivity contribution in [3.63, 3.8) is 0 Å². The van der Waals surface area contributed by atoms with Gasteiger partial charge >= 0.3 is 0 Å². The van der Waals surface area contributed by atoms with Gasteiger partial charge in [-0.2, -0.15) is 0 Å². The van der Waals surface area contributed by atoms with Gasteiger partial charge in [-0.25, -0.2) is 4.85 Å². The van der Waals surface area contributed by atoms with Gasteiger partial charge in [0.1, 0.15) is 4.34 Å². The van der Waals surface area contributed by atoms with Gasteiger partial charge in [-0.1, -0.05) is 23.7 Å². The molecule has 1 heterocycles. The molecule has 1 N–H and O–H groups in total. The predicted molar refractivity (Wildman–Crippen MR) is 65.3 cm³/mol. The lowest BCUT2D eigenvalue weighted by Crippen LogP contribution is -1.87. The van der Waals surface area contributed by atoms with Crippen LogP contribution in [0.5, 0.6) is 0 Å². The van der Waals surface area contributed by atoms with Gasteiger partial charge in [-0.15, -0.1) is 11.3 Å². The number of nitrogens with one attached hydrogen (secondary N) is 1.